The molecule has 8 nitrogen and oxygen atoms in total. The molecule has 1 N–H and O–H groups in total. The lowest BCUT2D eigenvalue weighted by Gasteiger charge is -2.07. The Morgan fingerprint density at radius 2 is 2.12 bits per heavy atom. The fourth-order valence-electron chi connectivity index (χ4n) is 2.40. The van der Waals surface area contributed by atoms with E-state index in [0.29, 0.717) is 11.3 Å². The van der Waals surface area contributed by atoms with E-state index < -0.39 is 10.5 Å². The number of nitro groups is 1. The summed E-state index contributed by atoms with van der Waals surface area (Å²) in [6.07, 6.45) is 2.97. The maximum Gasteiger partial charge on any atom is 0.299 e. The van der Waals surface area contributed by atoms with Crippen LogP contribution >= 0.6 is 15.9 Å². The van der Waals surface area contributed by atoms with Crippen LogP contribution in [0, 0.1) is 21.4 Å². The van der Waals surface area contributed by atoms with Gasteiger partial charge < -0.3 is 14.5 Å². The molecular formula is C17H14BrN3O5. The molecule has 0 atom stereocenters. The Bertz CT molecular complexity index is 976. The predicted molar refractivity (Wildman–Crippen MR) is 98.8 cm³/mol. The van der Waals surface area contributed by atoms with E-state index in [-0.39, 0.29) is 29.1 Å². The summed E-state index contributed by atoms with van der Waals surface area (Å²) in [4.78, 5) is 25.4. The predicted octanol–water partition coefficient (Wildman–Crippen LogP) is 3.24. The number of nitriles is 1. The zero-order valence-electron chi connectivity index (χ0n) is 13.9. The molecule has 0 aliphatic rings. The van der Waals surface area contributed by atoms with Crippen LogP contribution in [0.1, 0.15) is 22.4 Å². The first kappa shape index (κ1) is 19.4. The number of methoxy groups -OCH3 is 2. The Balaban J connectivity index is 2.67. The van der Waals surface area contributed by atoms with Gasteiger partial charge >= 0.3 is 0 Å². The molecule has 0 aliphatic heterocycles. The number of hydrogen-bond acceptors (Lipinski definition) is 6. The molecule has 0 aliphatic carbocycles. The molecule has 1 aromatic carbocycles. The lowest BCUT2D eigenvalue weighted by atomic mass is 10.1. The Morgan fingerprint density at radius 1 is 1.38 bits per heavy atom. The van der Waals surface area contributed by atoms with E-state index in [4.69, 9.17) is 14.7 Å². The number of nitrogens with one attached hydrogen (secondary N) is 1. The first-order valence-corrected chi connectivity index (χ1v) is 8.06. The average molecular weight is 420 g/mol. The van der Waals surface area contributed by atoms with Crippen molar-refractivity contribution in [2.45, 2.75) is 6.61 Å². The zero-order valence-corrected chi connectivity index (χ0v) is 15.5. The molecule has 2 aromatic rings. The van der Waals surface area contributed by atoms with Gasteiger partial charge in [0.05, 0.1) is 24.2 Å². The maximum atomic E-state index is 12.1. The molecule has 0 saturated carbocycles. The van der Waals surface area contributed by atoms with Gasteiger partial charge in [-0.1, -0.05) is 15.9 Å². The van der Waals surface area contributed by atoms with E-state index in [9.17, 15) is 14.9 Å². The standard InChI is InChI=1S/C17H14BrN3O5/c1-25-9-13-12(8-19)17(22)20-14(16(13)21(23)24)5-3-10-7-11(18)4-6-15(10)26-2/h3-7H,9H2,1-2H3,(H,20,22)/b5-3+. The van der Waals surface area contributed by atoms with Crippen molar-refractivity contribution in [3.8, 4) is 11.8 Å². The normalized spacial score (nSPS) is 10.7. The number of nitrogens with zero attached hydrogens (tertiary/aromatic N) is 2. The second-order valence-corrected chi connectivity index (χ2v) is 6.01. The van der Waals surface area contributed by atoms with Crippen LogP contribution in [0.5, 0.6) is 5.75 Å². The average Bonchev–Trinajstić information content (AvgIpc) is 2.60. The summed E-state index contributed by atoms with van der Waals surface area (Å²) in [6, 6.07) is 6.98. The van der Waals surface area contributed by atoms with Crippen LogP contribution < -0.4 is 10.3 Å². The van der Waals surface area contributed by atoms with Gasteiger partial charge in [-0.3, -0.25) is 14.9 Å². The van der Waals surface area contributed by atoms with Crippen molar-refractivity contribution in [3.63, 3.8) is 0 Å². The van der Waals surface area contributed by atoms with Crippen LogP contribution in [-0.4, -0.2) is 24.1 Å². The molecule has 26 heavy (non-hydrogen) atoms. The third-order valence-corrected chi connectivity index (χ3v) is 4.02. The summed E-state index contributed by atoms with van der Waals surface area (Å²) >= 11 is 3.34. The highest BCUT2D eigenvalue weighted by atomic mass is 79.9. The lowest BCUT2D eigenvalue weighted by molar-refractivity contribution is -0.386. The van der Waals surface area contributed by atoms with Crippen molar-refractivity contribution in [1.29, 1.82) is 5.26 Å². The fraction of sp³-hybridized carbons (Fsp3) is 0.176. The maximum absolute atomic E-state index is 12.1. The van der Waals surface area contributed by atoms with Gasteiger partial charge in [0.25, 0.3) is 11.2 Å². The molecule has 134 valence electrons. The molecule has 1 heterocycles. The molecule has 0 amide bonds. The molecule has 2 rings (SSSR count). The number of pyridine rings is 1. The van der Waals surface area contributed by atoms with E-state index in [1.165, 1.54) is 20.3 Å². The van der Waals surface area contributed by atoms with E-state index in [1.807, 2.05) is 0 Å². The summed E-state index contributed by atoms with van der Waals surface area (Å²) in [5.41, 5.74) is -0.887. The van der Waals surface area contributed by atoms with Crippen LogP contribution in [0.2, 0.25) is 0 Å². The molecule has 9 heteroatoms. The first-order valence-electron chi connectivity index (χ1n) is 7.27. The van der Waals surface area contributed by atoms with E-state index in [1.54, 1.807) is 30.3 Å². The van der Waals surface area contributed by atoms with Gasteiger partial charge in [-0.05, 0) is 30.4 Å². The number of H-pyrrole nitrogens is 1. The molecule has 0 radical (unpaired) electrons. The van der Waals surface area contributed by atoms with Crippen molar-refractivity contribution in [1.82, 2.24) is 4.98 Å². The summed E-state index contributed by atoms with van der Waals surface area (Å²) in [6.45, 7) is -0.232. The van der Waals surface area contributed by atoms with Crippen molar-refractivity contribution < 1.29 is 14.4 Å². The lowest BCUT2D eigenvalue weighted by Crippen LogP contribution is -2.18. The molecular weight excluding hydrogens is 406 g/mol. The van der Waals surface area contributed by atoms with Gasteiger partial charge in [0.2, 0.25) is 0 Å². The van der Waals surface area contributed by atoms with E-state index in [0.717, 1.165) is 4.47 Å². The van der Waals surface area contributed by atoms with Crippen LogP contribution in [0.3, 0.4) is 0 Å². The Labute approximate surface area is 157 Å². The van der Waals surface area contributed by atoms with Gasteiger partial charge in [0, 0.05) is 17.1 Å². The minimum absolute atomic E-state index is 0.0342. The van der Waals surface area contributed by atoms with E-state index in [2.05, 4.69) is 20.9 Å². The molecule has 0 saturated heterocycles. The van der Waals surface area contributed by atoms with Crippen LogP contribution in [0.4, 0.5) is 5.69 Å². The number of rotatable bonds is 6. The number of aromatic nitrogens is 1. The van der Waals surface area contributed by atoms with Crippen molar-refractivity contribution in [2.75, 3.05) is 14.2 Å². The third kappa shape index (κ3) is 3.99. The van der Waals surface area contributed by atoms with Crippen LogP contribution in [0.25, 0.3) is 12.2 Å². The molecule has 0 bridgehead atoms. The third-order valence-electron chi connectivity index (χ3n) is 3.52. The Kier molecular flexibility index (Phi) is 6.27. The van der Waals surface area contributed by atoms with Crippen molar-refractivity contribution >= 4 is 33.8 Å². The number of halogens is 1. The number of aromatic amines is 1. The van der Waals surface area contributed by atoms with Gasteiger partial charge in [-0.25, -0.2) is 0 Å². The molecule has 1 aromatic heterocycles. The number of hydrogen-bond donors (Lipinski definition) is 1. The van der Waals surface area contributed by atoms with Crippen molar-refractivity contribution in [3.05, 3.63) is 65.5 Å². The number of benzene rings is 1. The fourth-order valence-corrected chi connectivity index (χ4v) is 2.78. The summed E-state index contributed by atoms with van der Waals surface area (Å²) in [5, 5.41) is 20.7. The monoisotopic (exact) mass is 419 g/mol. The quantitative estimate of drug-likeness (QED) is 0.566. The van der Waals surface area contributed by atoms with Crippen LogP contribution in [-0.2, 0) is 11.3 Å². The summed E-state index contributed by atoms with van der Waals surface area (Å²) in [5.74, 6) is 0.556. The largest absolute Gasteiger partial charge is 0.496 e. The molecule has 0 unspecified atom stereocenters. The second kappa shape index (κ2) is 8.42. The van der Waals surface area contributed by atoms with Gasteiger partial charge in [-0.15, -0.1) is 0 Å². The van der Waals surface area contributed by atoms with E-state index >= 15 is 0 Å². The zero-order chi connectivity index (χ0) is 19.3. The topological polar surface area (TPSA) is 118 Å². The van der Waals surface area contributed by atoms with Crippen LogP contribution in [0.15, 0.2) is 27.5 Å². The highest BCUT2D eigenvalue weighted by Gasteiger charge is 2.25. The summed E-state index contributed by atoms with van der Waals surface area (Å²) < 4.78 is 11.0. The SMILES string of the molecule is COCc1c([N+](=O)[O-])c(/C=C/c2cc(Br)ccc2OC)[nH]c(=O)c1C#N. The minimum Gasteiger partial charge on any atom is -0.496 e. The highest BCUT2D eigenvalue weighted by Crippen LogP contribution is 2.28. The van der Waals surface area contributed by atoms with Crippen molar-refractivity contribution in [2.24, 2.45) is 0 Å². The van der Waals surface area contributed by atoms with Gasteiger partial charge in [0.15, 0.2) is 0 Å². The minimum atomic E-state index is -0.717. The summed E-state index contributed by atoms with van der Waals surface area (Å²) in [7, 11) is 2.83. The Morgan fingerprint density at radius 3 is 2.69 bits per heavy atom. The first-order chi connectivity index (χ1) is 12.4. The van der Waals surface area contributed by atoms with Gasteiger partial charge in [-0.2, -0.15) is 5.26 Å². The molecule has 0 fully saturated rings. The second-order valence-electron chi connectivity index (χ2n) is 5.09. The highest BCUT2D eigenvalue weighted by molar-refractivity contribution is 9.10. The molecule has 0 spiro atoms. The Hall–Kier alpha value is -2.96. The van der Waals surface area contributed by atoms with Gasteiger partial charge in [0.1, 0.15) is 23.1 Å². The number of ether oxygens (including phenoxy) is 2. The smallest absolute Gasteiger partial charge is 0.299 e.